The smallest absolute Gasteiger partial charge is 1.00 e. The molecule has 1 unspecified atom stereocenters. The third-order valence-corrected chi connectivity index (χ3v) is 1.70. The van der Waals surface area contributed by atoms with Crippen molar-refractivity contribution in [3.8, 4) is 0 Å². The summed E-state index contributed by atoms with van der Waals surface area (Å²) in [7, 11) is 0. The first kappa shape index (κ1) is 13.2. The second-order valence-corrected chi connectivity index (χ2v) is 2.66. The van der Waals surface area contributed by atoms with Gasteiger partial charge in [0.2, 0.25) is 0 Å². The summed E-state index contributed by atoms with van der Waals surface area (Å²) in [5.74, 6) is 0. The Balaban J connectivity index is -0.000000320. The topological polar surface area (TPSA) is 26.0 Å². The van der Waals surface area contributed by atoms with Gasteiger partial charge in [-0.1, -0.05) is 33.1 Å². The fourth-order valence-corrected chi connectivity index (χ4v) is 0.861. The molecule has 10 heavy (non-hydrogen) atoms. The van der Waals surface area contributed by atoms with Gasteiger partial charge in [-0.15, -0.1) is 0 Å². The van der Waals surface area contributed by atoms with Gasteiger partial charge in [0, 0.05) is 6.04 Å². The molecule has 0 spiro atoms. The van der Waals surface area contributed by atoms with Gasteiger partial charge in [0.05, 0.1) is 0 Å². The summed E-state index contributed by atoms with van der Waals surface area (Å²) >= 11 is 0. The molecule has 0 aromatic heterocycles. The zero-order valence-corrected chi connectivity index (χ0v) is 7.69. The molecule has 0 saturated carbocycles. The van der Waals surface area contributed by atoms with E-state index in [-0.39, 0.29) is 20.3 Å². The van der Waals surface area contributed by atoms with Crippen LogP contribution in [0, 0.1) is 0 Å². The Bertz CT molecular complexity index is 62.1. The quantitative estimate of drug-likeness (QED) is 0.398. The molecule has 0 radical (unpaired) electrons. The van der Waals surface area contributed by atoms with Crippen LogP contribution in [0.3, 0.4) is 0 Å². The Morgan fingerprint density at radius 3 is 2.30 bits per heavy atom. The molecule has 0 aliphatic heterocycles. The average molecular weight is 137 g/mol. The minimum Gasteiger partial charge on any atom is -1.00 e. The third kappa shape index (κ3) is 8.56. The standard InChI is InChI=1S/C8H19N.Li.H/c1-3-5-6-7-8(9)4-2;;/h8H,3-7,9H2,1-2H3;;/q;+1;-1. The number of hydrogen-bond donors (Lipinski definition) is 1. The van der Waals surface area contributed by atoms with Gasteiger partial charge in [0.15, 0.2) is 0 Å². The maximum Gasteiger partial charge on any atom is 1.00 e. The molecular formula is C8H20LiN. The fraction of sp³-hybridized carbons (Fsp3) is 1.00. The first-order valence-corrected chi connectivity index (χ1v) is 4.06. The molecule has 58 valence electrons. The van der Waals surface area contributed by atoms with Crippen LogP contribution in [0.15, 0.2) is 0 Å². The SMILES string of the molecule is CCCCCC(N)CC.[H-].[Li+]. The molecule has 1 atom stereocenters. The van der Waals surface area contributed by atoms with Crippen LogP contribution in [0.25, 0.3) is 0 Å². The normalized spacial score (nSPS) is 12.3. The minimum atomic E-state index is 0. The molecule has 0 amide bonds. The van der Waals surface area contributed by atoms with E-state index in [9.17, 15) is 0 Å². The maximum atomic E-state index is 5.71. The molecule has 0 saturated heterocycles. The third-order valence-electron chi connectivity index (χ3n) is 1.70. The van der Waals surface area contributed by atoms with Crippen LogP contribution in [0.1, 0.15) is 47.4 Å². The predicted molar refractivity (Wildman–Crippen MR) is 43.5 cm³/mol. The summed E-state index contributed by atoms with van der Waals surface area (Å²) in [4.78, 5) is 0. The Labute approximate surface area is 78.4 Å². The van der Waals surface area contributed by atoms with Crippen molar-refractivity contribution < 1.29 is 20.3 Å². The van der Waals surface area contributed by atoms with Gasteiger partial charge >= 0.3 is 18.9 Å². The Morgan fingerprint density at radius 1 is 1.30 bits per heavy atom. The van der Waals surface area contributed by atoms with E-state index in [1.165, 1.54) is 25.7 Å². The largest absolute Gasteiger partial charge is 1.00 e. The Kier molecular flexibility index (Phi) is 12.6. The van der Waals surface area contributed by atoms with Crippen LogP contribution < -0.4 is 24.6 Å². The van der Waals surface area contributed by atoms with E-state index < -0.39 is 0 Å². The summed E-state index contributed by atoms with van der Waals surface area (Å²) in [6.45, 7) is 4.37. The van der Waals surface area contributed by atoms with Crippen molar-refractivity contribution in [1.29, 1.82) is 0 Å². The van der Waals surface area contributed by atoms with Gasteiger partial charge in [0.1, 0.15) is 0 Å². The molecule has 0 aliphatic rings. The van der Waals surface area contributed by atoms with Crippen LogP contribution in [-0.2, 0) is 0 Å². The Morgan fingerprint density at radius 2 is 1.90 bits per heavy atom. The molecule has 0 aromatic carbocycles. The molecular weight excluding hydrogens is 117 g/mol. The van der Waals surface area contributed by atoms with Gasteiger partial charge in [0.25, 0.3) is 0 Å². The van der Waals surface area contributed by atoms with Crippen LogP contribution in [0.4, 0.5) is 0 Å². The van der Waals surface area contributed by atoms with E-state index in [2.05, 4.69) is 13.8 Å². The molecule has 0 heterocycles. The number of hydrogen-bond acceptors (Lipinski definition) is 1. The number of rotatable bonds is 5. The van der Waals surface area contributed by atoms with E-state index in [0.29, 0.717) is 6.04 Å². The minimum absolute atomic E-state index is 0. The monoisotopic (exact) mass is 137 g/mol. The van der Waals surface area contributed by atoms with Gasteiger partial charge in [-0.2, -0.15) is 0 Å². The van der Waals surface area contributed by atoms with Crippen molar-refractivity contribution in [2.24, 2.45) is 5.73 Å². The van der Waals surface area contributed by atoms with Crippen molar-refractivity contribution >= 4 is 0 Å². The van der Waals surface area contributed by atoms with Crippen molar-refractivity contribution in [1.82, 2.24) is 0 Å². The van der Waals surface area contributed by atoms with Crippen molar-refractivity contribution in [3.63, 3.8) is 0 Å². The molecule has 0 aliphatic carbocycles. The maximum absolute atomic E-state index is 5.71. The molecule has 2 N–H and O–H groups in total. The second-order valence-electron chi connectivity index (χ2n) is 2.66. The average Bonchev–Trinajstić information content (AvgIpc) is 1.89. The second kappa shape index (κ2) is 9.56. The van der Waals surface area contributed by atoms with Crippen molar-refractivity contribution in [3.05, 3.63) is 0 Å². The Hall–Kier alpha value is 0.557. The zero-order chi connectivity index (χ0) is 7.11. The summed E-state index contributed by atoms with van der Waals surface area (Å²) in [5.41, 5.74) is 5.71. The van der Waals surface area contributed by atoms with Gasteiger partial charge in [-0.3, -0.25) is 0 Å². The molecule has 0 rings (SSSR count). The van der Waals surface area contributed by atoms with Crippen LogP contribution in [0.5, 0.6) is 0 Å². The molecule has 0 aromatic rings. The molecule has 0 bridgehead atoms. The molecule has 1 nitrogen and oxygen atoms in total. The summed E-state index contributed by atoms with van der Waals surface area (Å²) in [5, 5.41) is 0. The van der Waals surface area contributed by atoms with Crippen molar-refractivity contribution in [2.75, 3.05) is 0 Å². The number of nitrogens with two attached hydrogens (primary N) is 1. The van der Waals surface area contributed by atoms with E-state index in [0.717, 1.165) is 6.42 Å². The summed E-state index contributed by atoms with van der Waals surface area (Å²) in [6, 6.07) is 0.455. The first-order chi connectivity index (χ1) is 4.31. The first-order valence-electron chi connectivity index (χ1n) is 4.06. The molecule has 2 heteroatoms. The van der Waals surface area contributed by atoms with E-state index >= 15 is 0 Å². The van der Waals surface area contributed by atoms with Crippen molar-refractivity contribution in [2.45, 2.75) is 52.0 Å². The van der Waals surface area contributed by atoms with Crippen LogP contribution >= 0.6 is 0 Å². The summed E-state index contributed by atoms with van der Waals surface area (Å²) in [6.07, 6.45) is 6.30. The van der Waals surface area contributed by atoms with E-state index in [1.807, 2.05) is 0 Å². The summed E-state index contributed by atoms with van der Waals surface area (Å²) < 4.78 is 0. The molecule has 0 fully saturated rings. The number of unbranched alkanes of at least 4 members (excludes halogenated alkanes) is 2. The van der Waals surface area contributed by atoms with Gasteiger partial charge in [-0.25, -0.2) is 0 Å². The van der Waals surface area contributed by atoms with Crippen LogP contribution in [0.2, 0.25) is 0 Å². The van der Waals surface area contributed by atoms with Gasteiger partial charge < -0.3 is 7.16 Å². The predicted octanol–water partition coefficient (Wildman–Crippen LogP) is -0.579. The zero-order valence-electron chi connectivity index (χ0n) is 8.69. The van der Waals surface area contributed by atoms with E-state index in [1.54, 1.807) is 0 Å². The fourth-order valence-electron chi connectivity index (χ4n) is 0.861. The van der Waals surface area contributed by atoms with Crippen LogP contribution in [-0.4, -0.2) is 6.04 Å². The van der Waals surface area contributed by atoms with Gasteiger partial charge in [-0.05, 0) is 12.8 Å². The van der Waals surface area contributed by atoms with E-state index in [4.69, 9.17) is 5.73 Å².